The summed E-state index contributed by atoms with van der Waals surface area (Å²) >= 11 is 0. The summed E-state index contributed by atoms with van der Waals surface area (Å²) in [5, 5.41) is 11.0. The van der Waals surface area contributed by atoms with Gasteiger partial charge in [0.05, 0.1) is 5.69 Å². The van der Waals surface area contributed by atoms with E-state index < -0.39 is 43.7 Å². The number of aromatic nitrogens is 3. The number of nitrogens with zero attached hydrogens (tertiary/aromatic N) is 6. The number of hydrogen-bond acceptors (Lipinski definition) is 4. The first-order chi connectivity index (χ1) is 14.9. The van der Waals surface area contributed by atoms with E-state index in [-0.39, 0.29) is 10.3 Å². The fourth-order valence-corrected chi connectivity index (χ4v) is 2.74. The molecule has 0 radical (unpaired) electrons. The largest absolute Gasteiger partial charge is 0.459 e. The van der Waals surface area contributed by atoms with Crippen LogP contribution in [0.1, 0.15) is 13.8 Å². The van der Waals surface area contributed by atoms with Crippen molar-refractivity contribution in [2.75, 3.05) is 24.7 Å². The summed E-state index contributed by atoms with van der Waals surface area (Å²) in [6.45, 7) is 1.89. The minimum Gasteiger partial charge on any atom is -0.372 e. The summed E-state index contributed by atoms with van der Waals surface area (Å²) in [4.78, 5) is 2.04. The summed E-state index contributed by atoms with van der Waals surface area (Å²) in [5.74, 6) is -12.5. The van der Waals surface area contributed by atoms with E-state index in [0.717, 1.165) is 23.5 Å². The molecule has 0 N–H and O–H groups in total. The molecule has 32 heavy (non-hydrogen) atoms. The zero-order valence-electron chi connectivity index (χ0n) is 17.1. The lowest BCUT2D eigenvalue weighted by Gasteiger charge is -2.27. The Labute approximate surface area is 178 Å². The standard InChI is InChI=1S/C18H21F8N6/c1-3-30(4-2)14-7-5-13(6-8-14)27-28-15-29-32(10-9-19)12-31(15)11-16(20,21)17(22,23)18(24,25)26/h5-8,12H,3-4,9-11H2,1-2H3/q+1/b28-27+. The SMILES string of the molecule is CCN(CC)c1ccc(/N=N/c2nn(CCF)c[n+]2CC(F)(F)C(F)(F)C(F)(F)F)cc1. The smallest absolute Gasteiger partial charge is 0.372 e. The van der Waals surface area contributed by atoms with Gasteiger partial charge in [-0.25, -0.2) is 8.96 Å². The van der Waals surface area contributed by atoms with Crippen LogP contribution in [0.4, 0.5) is 52.4 Å². The van der Waals surface area contributed by atoms with Crippen molar-refractivity contribution < 1.29 is 39.7 Å². The van der Waals surface area contributed by atoms with Gasteiger partial charge in [0, 0.05) is 29.0 Å². The van der Waals surface area contributed by atoms with Crippen LogP contribution in [0.15, 0.2) is 40.8 Å². The number of azo groups is 1. The van der Waals surface area contributed by atoms with Gasteiger partial charge in [0.1, 0.15) is 19.8 Å². The first kappa shape index (κ1) is 25.5. The number of benzene rings is 1. The quantitative estimate of drug-likeness (QED) is 0.270. The molecular weight excluding hydrogens is 452 g/mol. The lowest BCUT2D eigenvalue weighted by Crippen LogP contribution is -2.58. The molecule has 0 unspecified atom stereocenters. The van der Waals surface area contributed by atoms with Gasteiger partial charge < -0.3 is 4.90 Å². The van der Waals surface area contributed by atoms with Crippen molar-refractivity contribution in [2.24, 2.45) is 10.2 Å². The third-order valence-corrected chi connectivity index (χ3v) is 4.48. The normalized spacial score (nSPS) is 13.2. The molecule has 0 aliphatic rings. The molecule has 0 atom stereocenters. The number of rotatable bonds is 10. The molecule has 14 heteroatoms. The zero-order valence-corrected chi connectivity index (χ0v) is 17.1. The van der Waals surface area contributed by atoms with E-state index in [1.807, 2.05) is 18.7 Å². The Morgan fingerprint density at radius 1 is 0.969 bits per heavy atom. The molecular formula is C18H21F8N6+. The Morgan fingerprint density at radius 3 is 2.06 bits per heavy atom. The zero-order chi connectivity index (χ0) is 24.2. The number of halogens is 8. The number of alkyl halides is 8. The fourth-order valence-electron chi connectivity index (χ4n) is 2.74. The molecule has 0 aliphatic carbocycles. The van der Waals surface area contributed by atoms with Crippen molar-refractivity contribution in [2.45, 2.75) is 45.0 Å². The third kappa shape index (κ3) is 5.51. The molecule has 0 bridgehead atoms. The van der Waals surface area contributed by atoms with Crippen LogP contribution >= 0.6 is 0 Å². The average Bonchev–Trinajstić information content (AvgIpc) is 3.08. The predicted octanol–water partition coefficient (Wildman–Crippen LogP) is 5.23. The Morgan fingerprint density at radius 2 is 1.56 bits per heavy atom. The van der Waals surface area contributed by atoms with Crippen molar-refractivity contribution in [3.63, 3.8) is 0 Å². The summed E-state index contributed by atoms with van der Waals surface area (Å²) in [6, 6.07) is 6.53. The number of anilines is 1. The van der Waals surface area contributed by atoms with Gasteiger partial charge in [-0.1, -0.05) is 5.11 Å². The highest BCUT2D eigenvalue weighted by molar-refractivity contribution is 5.52. The Bertz CT molecular complexity index is 903. The molecule has 1 heterocycles. The summed E-state index contributed by atoms with van der Waals surface area (Å²) < 4.78 is 105. The van der Waals surface area contributed by atoms with Gasteiger partial charge in [0.2, 0.25) is 0 Å². The van der Waals surface area contributed by atoms with Gasteiger partial charge in [-0.05, 0) is 38.1 Å². The van der Waals surface area contributed by atoms with Crippen molar-refractivity contribution in [3.05, 3.63) is 30.6 Å². The van der Waals surface area contributed by atoms with Crippen LogP contribution in [0.5, 0.6) is 0 Å². The highest BCUT2D eigenvalue weighted by Crippen LogP contribution is 2.46. The number of aryl methyl sites for hydroxylation is 1. The molecule has 6 nitrogen and oxygen atoms in total. The molecule has 2 aromatic rings. The predicted molar refractivity (Wildman–Crippen MR) is 98.5 cm³/mol. The first-order valence-electron chi connectivity index (χ1n) is 9.48. The van der Waals surface area contributed by atoms with Gasteiger partial charge in [0.15, 0.2) is 6.33 Å². The minimum atomic E-state index is -6.47. The van der Waals surface area contributed by atoms with E-state index in [1.165, 1.54) is 0 Å². The van der Waals surface area contributed by atoms with Crippen LogP contribution in [0.3, 0.4) is 0 Å². The minimum absolute atomic E-state index is 0.250. The van der Waals surface area contributed by atoms with Gasteiger partial charge in [0.25, 0.3) is 0 Å². The van der Waals surface area contributed by atoms with Gasteiger partial charge in [-0.2, -0.15) is 30.7 Å². The van der Waals surface area contributed by atoms with Gasteiger partial charge in [-0.3, -0.25) is 0 Å². The molecule has 178 valence electrons. The lowest BCUT2D eigenvalue weighted by atomic mass is 10.1. The highest BCUT2D eigenvalue weighted by Gasteiger charge is 2.73. The van der Waals surface area contributed by atoms with E-state index in [2.05, 4.69) is 15.3 Å². The van der Waals surface area contributed by atoms with Crippen molar-refractivity contribution >= 4 is 17.3 Å². The first-order valence-corrected chi connectivity index (χ1v) is 9.48. The topological polar surface area (TPSA) is 49.7 Å². The molecule has 1 aromatic carbocycles. The second-order valence-corrected chi connectivity index (χ2v) is 6.66. The summed E-state index contributed by atoms with van der Waals surface area (Å²) in [6.07, 6.45) is -5.81. The Balaban J connectivity index is 2.32. The van der Waals surface area contributed by atoms with Crippen LogP contribution in [0.25, 0.3) is 0 Å². The Kier molecular flexibility index (Phi) is 7.78. The second-order valence-electron chi connectivity index (χ2n) is 6.66. The molecule has 0 saturated heterocycles. The maximum Gasteiger partial charge on any atom is 0.459 e. The van der Waals surface area contributed by atoms with E-state index in [0.29, 0.717) is 6.33 Å². The fraction of sp³-hybridized carbons (Fsp3) is 0.556. The van der Waals surface area contributed by atoms with Crippen LogP contribution in [0, 0.1) is 0 Å². The number of hydrogen-bond donors (Lipinski definition) is 0. The molecule has 0 spiro atoms. The molecule has 1 aromatic heterocycles. The summed E-state index contributed by atoms with van der Waals surface area (Å²) in [5.41, 5.74) is 1.13. The van der Waals surface area contributed by atoms with Crippen LogP contribution in [-0.2, 0) is 13.1 Å². The maximum absolute atomic E-state index is 13.8. The molecule has 2 rings (SSSR count). The van der Waals surface area contributed by atoms with Crippen LogP contribution in [-0.4, -0.2) is 47.6 Å². The van der Waals surface area contributed by atoms with Gasteiger partial charge >= 0.3 is 24.0 Å². The van der Waals surface area contributed by atoms with E-state index in [9.17, 15) is 35.1 Å². The maximum atomic E-state index is 13.8. The third-order valence-electron chi connectivity index (χ3n) is 4.48. The monoisotopic (exact) mass is 473 g/mol. The summed E-state index contributed by atoms with van der Waals surface area (Å²) in [7, 11) is 0. The van der Waals surface area contributed by atoms with Crippen molar-refractivity contribution in [1.29, 1.82) is 0 Å². The second kappa shape index (κ2) is 9.77. The van der Waals surface area contributed by atoms with Crippen LogP contribution < -0.4 is 9.47 Å². The van der Waals surface area contributed by atoms with Crippen molar-refractivity contribution in [3.8, 4) is 0 Å². The molecule has 0 aliphatic heterocycles. The molecule has 0 saturated carbocycles. The van der Waals surface area contributed by atoms with E-state index in [1.54, 1.807) is 24.3 Å². The molecule has 0 fully saturated rings. The Hall–Kier alpha value is -2.80. The van der Waals surface area contributed by atoms with E-state index >= 15 is 0 Å². The lowest BCUT2D eigenvalue weighted by molar-refractivity contribution is -0.708. The highest BCUT2D eigenvalue weighted by atomic mass is 19.4. The van der Waals surface area contributed by atoms with Crippen LogP contribution in [0.2, 0.25) is 0 Å². The van der Waals surface area contributed by atoms with E-state index in [4.69, 9.17) is 0 Å². The van der Waals surface area contributed by atoms with Crippen molar-refractivity contribution in [1.82, 2.24) is 9.78 Å². The van der Waals surface area contributed by atoms with Gasteiger partial charge in [-0.15, -0.1) is 4.68 Å². The average molecular weight is 473 g/mol. The molecule has 0 amide bonds.